The number of hydrogen-bond donors (Lipinski definition) is 0. The number of carbonyl (C=O) groups excluding carboxylic acids is 1. The highest BCUT2D eigenvalue weighted by Gasteiger charge is 2.28. The fraction of sp³-hybridized carbons (Fsp3) is 0.0741. The summed E-state index contributed by atoms with van der Waals surface area (Å²) in [5.41, 5.74) is 1.76. The largest absolute Gasteiger partial charge is 0.457 e. The maximum Gasteiger partial charge on any atom is 0.167 e. The van der Waals surface area contributed by atoms with Gasteiger partial charge in [0, 0.05) is 11.6 Å². The zero-order valence-corrected chi connectivity index (χ0v) is 17.9. The second kappa shape index (κ2) is 9.02. The number of rotatable bonds is 6. The monoisotopic (exact) mass is 411 g/mol. The van der Waals surface area contributed by atoms with Crippen molar-refractivity contribution in [3.8, 4) is 11.5 Å². The SMILES string of the molecule is CC(=O)c1ccc(Oc2ccc([S+](c3ccccc3)c3ccccc3)cc2C)cc1. The van der Waals surface area contributed by atoms with Crippen molar-refractivity contribution in [2.75, 3.05) is 0 Å². The smallest absolute Gasteiger partial charge is 0.167 e. The third-order valence-electron chi connectivity index (χ3n) is 4.83. The van der Waals surface area contributed by atoms with Crippen LogP contribution in [0.3, 0.4) is 0 Å². The Morgan fingerprint density at radius 1 is 0.700 bits per heavy atom. The normalized spacial score (nSPS) is 10.8. The molecule has 0 heterocycles. The Kier molecular flexibility index (Phi) is 6.01. The first-order valence-electron chi connectivity index (χ1n) is 9.86. The summed E-state index contributed by atoms with van der Waals surface area (Å²) in [6.07, 6.45) is 0. The third-order valence-corrected chi connectivity index (χ3v) is 7.04. The number of ether oxygens (including phenoxy) is 1. The molecule has 0 radical (unpaired) electrons. The molecule has 4 rings (SSSR count). The van der Waals surface area contributed by atoms with Crippen LogP contribution in [0.4, 0.5) is 0 Å². The van der Waals surface area contributed by atoms with E-state index in [2.05, 4.69) is 79.7 Å². The van der Waals surface area contributed by atoms with Gasteiger partial charge in [-0.2, -0.15) is 0 Å². The summed E-state index contributed by atoms with van der Waals surface area (Å²) in [5, 5.41) is 0. The van der Waals surface area contributed by atoms with Gasteiger partial charge in [0.1, 0.15) is 11.5 Å². The number of hydrogen-bond acceptors (Lipinski definition) is 2. The van der Waals surface area contributed by atoms with E-state index < -0.39 is 0 Å². The molecule has 0 saturated heterocycles. The molecule has 0 aromatic heterocycles. The average molecular weight is 412 g/mol. The standard InChI is InChI=1S/C27H23O2S/c1-20-19-26(17-18-27(20)29-23-15-13-22(14-16-23)21(2)28)30(24-9-5-3-6-10-24)25-11-7-4-8-12-25/h3-19H,1-2H3/q+1. The molecule has 30 heavy (non-hydrogen) atoms. The van der Waals surface area contributed by atoms with E-state index in [0.717, 1.165) is 17.1 Å². The molecule has 0 N–H and O–H groups in total. The van der Waals surface area contributed by atoms with Crippen molar-refractivity contribution in [1.29, 1.82) is 0 Å². The first-order chi connectivity index (χ1) is 14.6. The van der Waals surface area contributed by atoms with E-state index in [9.17, 15) is 4.79 Å². The number of aryl methyl sites for hydroxylation is 1. The second-order valence-electron chi connectivity index (χ2n) is 7.04. The summed E-state index contributed by atoms with van der Waals surface area (Å²) >= 11 is 0. The van der Waals surface area contributed by atoms with Crippen molar-refractivity contribution in [1.82, 2.24) is 0 Å². The Morgan fingerprint density at radius 3 is 1.77 bits per heavy atom. The third kappa shape index (κ3) is 4.47. The molecule has 4 aromatic rings. The van der Waals surface area contributed by atoms with Crippen LogP contribution in [0, 0.1) is 6.92 Å². The highest BCUT2D eigenvalue weighted by atomic mass is 32.2. The van der Waals surface area contributed by atoms with E-state index in [1.807, 2.05) is 18.2 Å². The van der Waals surface area contributed by atoms with Crippen LogP contribution in [0.1, 0.15) is 22.8 Å². The molecule has 3 heteroatoms. The zero-order valence-electron chi connectivity index (χ0n) is 17.0. The molecule has 148 valence electrons. The minimum Gasteiger partial charge on any atom is -0.457 e. The lowest BCUT2D eigenvalue weighted by Gasteiger charge is -2.12. The summed E-state index contributed by atoms with van der Waals surface area (Å²) in [6, 6.07) is 34.9. The van der Waals surface area contributed by atoms with Crippen molar-refractivity contribution in [2.24, 2.45) is 0 Å². The molecule has 4 aromatic carbocycles. The van der Waals surface area contributed by atoms with Gasteiger partial charge in [0.05, 0.1) is 10.9 Å². The van der Waals surface area contributed by atoms with Gasteiger partial charge in [0.2, 0.25) is 0 Å². The maximum atomic E-state index is 11.5. The quantitative estimate of drug-likeness (QED) is 0.250. The summed E-state index contributed by atoms with van der Waals surface area (Å²) < 4.78 is 6.08. The molecule has 0 bridgehead atoms. The molecule has 0 unspecified atom stereocenters. The van der Waals surface area contributed by atoms with Crippen LogP contribution in [0.5, 0.6) is 11.5 Å². The highest BCUT2D eigenvalue weighted by molar-refractivity contribution is 7.97. The fourth-order valence-electron chi connectivity index (χ4n) is 3.27. The molecule has 0 spiro atoms. The minimum atomic E-state index is -0.181. The minimum absolute atomic E-state index is 0.0518. The van der Waals surface area contributed by atoms with Crippen molar-refractivity contribution >= 4 is 16.7 Å². The van der Waals surface area contributed by atoms with E-state index in [1.165, 1.54) is 14.7 Å². The van der Waals surface area contributed by atoms with Gasteiger partial charge >= 0.3 is 0 Å². The Labute approximate surface area is 180 Å². The molecular weight excluding hydrogens is 388 g/mol. The van der Waals surface area contributed by atoms with Gasteiger partial charge in [-0.05, 0) is 80.1 Å². The lowest BCUT2D eigenvalue weighted by Crippen LogP contribution is -2.05. The predicted octanol–water partition coefficient (Wildman–Crippen LogP) is 7.09. The van der Waals surface area contributed by atoms with Gasteiger partial charge in [-0.1, -0.05) is 36.4 Å². The molecule has 0 saturated carbocycles. The summed E-state index contributed by atoms with van der Waals surface area (Å²) in [7, 11) is -0.181. The number of benzene rings is 4. The molecule has 0 aliphatic carbocycles. The van der Waals surface area contributed by atoms with E-state index in [1.54, 1.807) is 19.1 Å². The Balaban J connectivity index is 1.65. The van der Waals surface area contributed by atoms with Crippen LogP contribution < -0.4 is 4.74 Å². The van der Waals surface area contributed by atoms with E-state index >= 15 is 0 Å². The first kappa shape index (κ1) is 20.0. The number of carbonyl (C=O) groups is 1. The molecule has 0 aliphatic rings. The number of Topliss-reactive ketones (excluding diaryl/α,β-unsaturated/α-hetero) is 1. The lowest BCUT2D eigenvalue weighted by molar-refractivity contribution is 0.101. The van der Waals surface area contributed by atoms with Crippen molar-refractivity contribution in [2.45, 2.75) is 28.5 Å². The molecule has 0 amide bonds. The first-order valence-corrected chi connectivity index (χ1v) is 11.1. The van der Waals surface area contributed by atoms with E-state index in [-0.39, 0.29) is 16.7 Å². The van der Waals surface area contributed by atoms with Crippen LogP contribution >= 0.6 is 0 Å². The molecule has 2 nitrogen and oxygen atoms in total. The van der Waals surface area contributed by atoms with Crippen molar-refractivity contribution in [3.05, 3.63) is 114 Å². The van der Waals surface area contributed by atoms with Crippen LogP contribution in [0.2, 0.25) is 0 Å². The van der Waals surface area contributed by atoms with Gasteiger partial charge in [0.15, 0.2) is 20.5 Å². The van der Waals surface area contributed by atoms with Crippen LogP contribution in [-0.4, -0.2) is 5.78 Å². The fourth-order valence-corrected chi connectivity index (χ4v) is 5.44. The molecule has 0 atom stereocenters. The molecular formula is C27H23O2S+. The zero-order chi connectivity index (χ0) is 20.9. The van der Waals surface area contributed by atoms with Gasteiger partial charge < -0.3 is 4.74 Å². The van der Waals surface area contributed by atoms with Crippen LogP contribution in [0.25, 0.3) is 0 Å². The van der Waals surface area contributed by atoms with E-state index in [4.69, 9.17) is 4.74 Å². The van der Waals surface area contributed by atoms with Gasteiger partial charge in [-0.3, -0.25) is 4.79 Å². The highest BCUT2D eigenvalue weighted by Crippen LogP contribution is 2.34. The number of ketones is 1. The molecule has 0 fully saturated rings. The van der Waals surface area contributed by atoms with Crippen molar-refractivity contribution < 1.29 is 9.53 Å². The van der Waals surface area contributed by atoms with E-state index in [0.29, 0.717) is 5.56 Å². The van der Waals surface area contributed by atoms with Gasteiger partial charge in [-0.25, -0.2) is 0 Å². The Hall–Kier alpha value is -3.30. The summed E-state index contributed by atoms with van der Waals surface area (Å²) in [5.74, 6) is 1.59. The maximum absolute atomic E-state index is 11.5. The predicted molar refractivity (Wildman–Crippen MR) is 123 cm³/mol. The van der Waals surface area contributed by atoms with Gasteiger partial charge in [-0.15, -0.1) is 0 Å². The summed E-state index contributed by atoms with van der Waals surface area (Å²) in [6.45, 7) is 3.63. The Morgan fingerprint density at radius 2 is 1.27 bits per heavy atom. The van der Waals surface area contributed by atoms with Crippen LogP contribution in [-0.2, 0) is 10.9 Å². The molecule has 0 aliphatic heterocycles. The van der Waals surface area contributed by atoms with Crippen molar-refractivity contribution in [3.63, 3.8) is 0 Å². The average Bonchev–Trinajstić information content (AvgIpc) is 2.78. The van der Waals surface area contributed by atoms with Crippen LogP contribution in [0.15, 0.2) is 118 Å². The second-order valence-corrected chi connectivity index (χ2v) is 9.07. The van der Waals surface area contributed by atoms with Gasteiger partial charge in [0.25, 0.3) is 0 Å². The lowest BCUT2D eigenvalue weighted by atomic mass is 10.1. The topological polar surface area (TPSA) is 26.3 Å². The summed E-state index contributed by atoms with van der Waals surface area (Å²) in [4.78, 5) is 15.3. The Bertz CT molecular complexity index is 1100.